The Morgan fingerprint density at radius 2 is 1.80 bits per heavy atom. The van der Waals surface area contributed by atoms with E-state index < -0.39 is 10.0 Å². The number of aryl methyl sites for hydroxylation is 2. The summed E-state index contributed by atoms with van der Waals surface area (Å²) in [5.41, 5.74) is 1.44. The molecular weight excluding hydrogens is 404 g/mol. The van der Waals surface area contributed by atoms with Gasteiger partial charge < -0.3 is 4.57 Å². The molecule has 4 heterocycles. The van der Waals surface area contributed by atoms with Crippen molar-refractivity contribution in [3.8, 4) is 11.3 Å². The Balaban J connectivity index is 1.45. The lowest BCUT2D eigenvalue weighted by atomic mass is 9.98. The van der Waals surface area contributed by atoms with E-state index in [0.29, 0.717) is 44.0 Å². The Bertz CT molecular complexity index is 1180. The second-order valence-electron chi connectivity index (χ2n) is 7.56. The van der Waals surface area contributed by atoms with Crippen LogP contribution >= 0.6 is 0 Å². The van der Waals surface area contributed by atoms with Crippen LogP contribution in [0.2, 0.25) is 0 Å². The number of nitrogens with zero attached hydrogens (tertiary/aromatic N) is 6. The summed E-state index contributed by atoms with van der Waals surface area (Å²) in [5, 5.41) is 4.58. The average Bonchev–Trinajstić information content (AvgIpc) is 3.10. The molecule has 0 atom stereocenters. The smallest absolute Gasteiger partial charge is 0.266 e. The highest BCUT2D eigenvalue weighted by Gasteiger charge is 2.31. The van der Waals surface area contributed by atoms with Gasteiger partial charge in [-0.2, -0.15) is 9.40 Å². The normalized spacial score (nSPS) is 16.1. The van der Waals surface area contributed by atoms with Gasteiger partial charge in [0.15, 0.2) is 5.03 Å². The van der Waals surface area contributed by atoms with E-state index in [1.807, 2.05) is 12.1 Å². The van der Waals surface area contributed by atoms with Crippen molar-refractivity contribution in [1.29, 1.82) is 0 Å². The maximum atomic E-state index is 12.9. The number of hydrogen-bond donors (Lipinski definition) is 0. The zero-order valence-corrected chi connectivity index (χ0v) is 17.8. The molecule has 10 heteroatoms. The van der Waals surface area contributed by atoms with Crippen LogP contribution in [0.15, 0.2) is 52.7 Å². The van der Waals surface area contributed by atoms with E-state index in [1.165, 1.54) is 15.1 Å². The lowest BCUT2D eigenvalue weighted by Crippen LogP contribution is -2.40. The summed E-state index contributed by atoms with van der Waals surface area (Å²) in [7, 11) is -1.82. The van der Waals surface area contributed by atoms with Crippen LogP contribution in [0.1, 0.15) is 18.7 Å². The van der Waals surface area contributed by atoms with E-state index in [0.717, 1.165) is 5.56 Å². The highest BCUT2D eigenvalue weighted by Crippen LogP contribution is 2.24. The van der Waals surface area contributed by atoms with Gasteiger partial charge in [-0.3, -0.25) is 9.78 Å². The molecule has 1 saturated heterocycles. The molecule has 1 aliphatic heterocycles. The minimum Gasteiger partial charge on any atom is -0.337 e. The van der Waals surface area contributed by atoms with E-state index >= 15 is 0 Å². The molecule has 4 rings (SSSR count). The first-order valence-corrected chi connectivity index (χ1v) is 11.3. The number of piperidine rings is 1. The Morgan fingerprint density at radius 3 is 2.43 bits per heavy atom. The highest BCUT2D eigenvalue weighted by atomic mass is 32.2. The quantitative estimate of drug-likeness (QED) is 0.609. The number of sulfonamides is 1. The first-order valence-electron chi connectivity index (χ1n) is 9.83. The number of rotatable bonds is 5. The van der Waals surface area contributed by atoms with Gasteiger partial charge in [0.1, 0.15) is 5.82 Å². The van der Waals surface area contributed by atoms with Crippen molar-refractivity contribution < 1.29 is 8.42 Å². The molecule has 3 aromatic rings. The zero-order valence-electron chi connectivity index (χ0n) is 17.0. The number of pyridine rings is 1. The number of hydrogen-bond acceptors (Lipinski definition) is 6. The van der Waals surface area contributed by atoms with E-state index in [-0.39, 0.29) is 16.5 Å². The predicted molar refractivity (Wildman–Crippen MR) is 111 cm³/mol. The lowest BCUT2D eigenvalue weighted by Gasteiger charge is -2.30. The monoisotopic (exact) mass is 428 g/mol. The van der Waals surface area contributed by atoms with Crippen LogP contribution in [-0.4, -0.2) is 50.1 Å². The zero-order chi connectivity index (χ0) is 21.3. The summed E-state index contributed by atoms with van der Waals surface area (Å²) in [5.74, 6) is 0.836. The van der Waals surface area contributed by atoms with Gasteiger partial charge in [0.25, 0.3) is 15.6 Å². The van der Waals surface area contributed by atoms with E-state index in [1.54, 1.807) is 43.2 Å². The van der Waals surface area contributed by atoms with Crippen molar-refractivity contribution in [2.45, 2.75) is 31.3 Å². The van der Waals surface area contributed by atoms with Crippen molar-refractivity contribution in [3.05, 3.63) is 59.0 Å². The molecule has 9 nitrogen and oxygen atoms in total. The molecule has 3 aromatic heterocycles. The molecule has 0 unspecified atom stereocenters. The molecule has 0 N–H and O–H groups in total. The van der Waals surface area contributed by atoms with Crippen molar-refractivity contribution in [1.82, 2.24) is 28.6 Å². The van der Waals surface area contributed by atoms with Gasteiger partial charge in [-0.15, -0.1) is 0 Å². The summed E-state index contributed by atoms with van der Waals surface area (Å²) in [4.78, 5) is 20.5. The van der Waals surface area contributed by atoms with Crippen LogP contribution < -0.4 is 5.56 Å². The maximum Gasteiger partial charge on any atom is 0.266 e. The minimum atomic E-state index is -3.60. The lowest BCUT2D eigenvalue weighted by molar-refractivity contribution is 0.244. The standard InChI is InChI=1S/C20H24N6O3S/c1-15-22-19(14-24(15)2)30(28,29)25-11-7-16(8-12-25)13-26-20(27)4-3-18(23-26)17-5-9-21-10-6-17/h3-6,9-10,14,16H,7-8,11-13H2,1-2H3. The molecule has 30 heavy (non-hydrogen) atoms. The molecule has 0 saturated carbocycles. The fourth-order valence-electron chi connectivity index (χ4n) is 3.62. The third-order valence-electron chi connectivity index (χ3n) is 5.54. The topological polar surface area (TPSA) is 103 Å². The largest absolute Gasteiger partial charge is 0.337 e. The fourth-order valence-corrected chi connectivity index (χ4v) is 5.11. The van der Waals surface area contributed by atoms with Crippen molar-refractivity contribution in [2.24, 2.45) is 13.0 Å². The molecule has 0 amide bonds. The second kappa shape index (κ2) is 8.11. The van der Waals surface area contributed by atoms with Crippen LogP contribution in [0.5, 0.6) is 0 Å². The summed E-state index contributed by atoms with van der Waals surface area (Å²) >= 11 is 0. The van der Waals surface area contributed by atoms with Gasteiger partial charge >= 0.3 is 0 Å². The van der Waals surface area contributed by atoms with Crippen molar-refractivity contribution >= 4 is 10.0 Å². The van der Waals surface area contributed by atoms with E-state index in [4.69, 9.17) is 0 Å². The van der Waals surface area contributed by atoms with Crippen LogP contribution in [0, 0.1) is 12.8 Å². The molecule has 0 radical (unpaired) electrons. The molecule has 1 fully saturated rings. The SMILES string of the molecule is Cc1nc(S(=O)(=O)N2CCC(Cn3nc(-c4ccncc4)ccc3=O)CC2)cn1C. The minimum absolute atomic E-state index is 0.0869. The Labute approximate surface area is 175 Å². The van der Waals surface area contributed by atoms with Gasteiger partial charge in [0.05, 0.1) is 5.69 Å². The summed E-state index contributed by atoms with van der Waals surface area (Å²) < 4.78 is 30.4. The van der Waals surface area contributed by atoms with E-state index in [2.05, 4.69) is 15.1 Å². The van der Waals surface area contributed by atoms with Crippen molar-refractivity contribution in [3.63, 3.8) is 0 Å². The third kappa shape index (κ3) is 4.05. The van der Waals surface area contributed by atoms with Gasteiger partial charge in [-0.05, 0) is 43.9 Å². The first-order chi connectivity index (χ1) is 14.3. The van der Waals surface area contributed by atoms with Gasteiger partial charge in [-0.25, -0.2) is 18.1 Å². The van der Waals surface area contributed by atoms with Gasteiger partial charge in [0, 0.05) is 56.9 Å². The molecule has 0 aromatic carbocycles. The average molecular weight is 429 g/mol. The van der Waals surface area contributed by atoms with Gasteiger partial charge in [0.2, 0.25) is 0 Å². The van der Waals surface area contributed by atoms with Crippen LogP contribution in [0.3, 0.4) is 0 Å². The number of aromatic nitrogens is 5. The van der Waals surface area contributed by atoms with Crippen LogP contribution in [0.4, 0.5) is 0 Å². The number of imidazole rings is 1. The fraction of sp³-hybridized carbons (Fsp3) is 0.400. The molecule has 0 aliphatic carbocycles. The molecule has 1 aliphatic rings. The molecular formula is C20H24N6O3S. The first kappa shape index (κ1) is 20.4. The summed E-state index contributed by atoms with van der Waals surface area (Å²) in [6.07, 6.45) is 6.25. The summed E-state index contributed by atoms with van der Waals surface area (Å²) in [6.45, 7) is 3.05. The van der Waals surface area contributed by atoms with Crippen molar-refractivity contribution in [2.75, 3.05) is 13.1 Å². The highest BCUT2D eigenvalue weighted by molar-refractivity contribution is 7.89. The predicted octanol–water partition coefficient (Wildman–Crippen LogP) is 1.45. The summed E-state index contributed by atoms with van der Waals surface area (Å²) in [6, 6.07) is 6.92. The Morgan fingerprint density at radius 1 is 1.10 bits per heavy atom. The molecule has 0 bridgehead atoms. The Kier molecular flexibility index (Phi) is 5.52. The van der Waals surface area contributed by atoms with Gasteiger partial charge in [-0.1, -0.05) is 0 Å². The maximum absolute atomic E-state index is 12.9. The second-order valence-corrected chi connectivity index (χ2v) is 9.44. The molecule has 0 spiro atoms. The Hall–Kier alpha value is -2.85. The van der Waals surface area contributed by atoms with E-state index in [9.17, 15) is 13.2 Å². The van der Waals surface area contributed by atoms with Crippen LogP contribution in [-0.2, 0) is 23.6 Å². The van der Waals surface area contributed by atoms with Crippen LogP contribution in [0.25, 0.3) is 11.3 Å². The molecule has 158 valence electrons. The third-order valence-corrected chi connectivity index (χ3v) is 7.31.